The van der Waals surface area contributed by atoms with Crippen molar-refractivity contribution in [2.24, 2.45) is 29.6 Å². The van der Waals surface area contributed by atoms with Gasteiger partial charge in [-0.25, -0.2) is 8.78 Å². The Bertz CT molecular complexity index is 672. The maximum atomic E-state index is 13.6. The van der Waals surface area contributed by atoms with Crippen LogP contribution in [0.5, 0.6) is 0 Å². The first-order chi connectivity index (χ1) is 14.6. The van der Waals surface area contributed by atoms with Gasteiger partial charge in [0.25, 0.3) is 0 Å². The van der Waals surface area contributed by atoms with E-state index in [1.807, 2.05) is 0 Å². The molecule has 30 heavy (non-hydrogen) atoms. The summed E-state index contributed by atoms with van der Waals surface area (Å²) >= 11 is 0. The van der Waals surface area contributed by atoms with Crippen LogP contribution in [0.4, 0.5) is 8.78 Å². The molecule has 0 nitrogen and oxygen atoms in total. The minimum atomic E-state index is -0.728. The molecule has 3 aliphatic carbocycles. The van der Waals surface area contributed by atoms with Gasteiger partial charge in [-0.05, 0) is 117 Å². The van der Waals surface area contributed by atoms with Gasteiger partial charge in [-0.15, -0.1) is 6.58 Å². The van der Waals surface area contributed by atoms with Crippen LogP contribution in [0.2, 0.25) is 0 Å². The summed E-state index contributed by atoms with van der Waals surface area (Å²) in [6.45, 7) is 3.97. The molecule has 0 aromatic heterocycles. The monoisotopic (exact) mass is 414 g/mol. The Labute approximate surface area is 182 Å². The number of benzene rings is 1. The Morgan fingerprint density at radius 2 is 1.23 bits per heavy atom. The van der Waals surface area contributed by atoms with E-state index in [-0.39, 0.29) is 0 Å². The average molecular weight is 415 g/mol. The standard InChI is InChI=1S/C28H40F2/c1-2-20-3-5-21(6-4-20)7-8-22-9-11-23(12-10-22)24-13-15-25(16-14-24)26-17-18-27(29)28(30)19-26/h2,17-25H,1,3-16H2/t20-,21-,22-,23-,24-,25-. The van der Waals surface area contributed by atoms with Crippen molar-refractivity contribution in [2.75, 3.05) is 0 Å². The van der Waals surface area contributed by atoms with Crippen molar-refractivity contribution in [3.63, 3.8) is 0 Å². The molecule has 0 unspecified atom stereocenters. The normalized spacial score (nSPS) is 35.1. The maximum absolute atomic E-state index is 13.6. The fourth-order valence-electron chi connectivity index (χ4n) is 6.82. The van der Waals surface area contributed by atoms with Gasteiger partial charge >= 0.3 is 0 Å². The van der Waals surface area contributed by atoms with Gasteiger partial charge in [0.05, 0.1) is 0 Å². The minimum absolute atomic E-state index is 0.420. The Kier molecular flexibility index (Phi) is 7.65. The van der Waals surface area contributed by atoms with E-state index in [9.17, 15) is 8.78 Å². The van der Waals surface area contributed by atoms with Gasteiger partial charge in [0, 0.05) is 0 Å². The highest BCUT2D eigenvalue weighted by Crippen LogP contribution is 2.45. The summed E-state index contributed by atoms with van der Waals surface area (Å²) < 4.78 is 26.8. The molecule has 166 valence electrons. The highest BCUT2D eigenvalue weighted by atomic mass is 19.2. The van der Waals surface area contributed by atoms with Crippen LogP contribution in [0.15, 0.2) is 30.9 Å². The second-order valence-corrected chi connectivity index (χ2v) is 10.7. The third kappa shape index (κ3) is 5.54. The Balaban J connectivity index is 1.15. The van der Waals surface area contributed by atoms with Crippen LogP contribution in [0, 0.1) is 41.2 Å². The third-order valence-electron chi connectivity index (χ3n) is 8.95. The molecule has 1 aromatic carbocycles. The number of allylic oxidation sites excluding steroid dienone is 1. The van der Waals surface area contributed by atoms with Crippen molar-refractivity contribution in [1.82, 2.24) is 0 Å². The fourth-order valence-corrected chi connectivity index (χ4v) is 6.82. The molecule has 0 spiro atoms. The van der Waals surface area contributed by atoms with Crippen molar-refractivity contribution in [2.45, 2.75) is 95.8 Å². The van der Waals surface area contributed by atoms with E-state index in [0.29, 0.717) is 5.92 Å². The molecule has 1 aromatic rings. The van der Waals surface area contributed by atoms with Crippen LogP contribution in [0.25, 0.3) is 0 Å². The lowest BCUT2D eigenvalue weighted by atomic mass is 9.67. The van der Waals surface area contributed by atoms with Crippen LogP contribution in [0.1, 0.15) is 101 Å². The third-order valence-corrected chi connectivity index (χ3v) is 8.95. The van der Waals surface area contributed by atoms with E-state index in [4.69, 9.17) is 0 Å². The zero-order valence-electron chi connectivity index (χ0n) is 18.6. The van der Waals surface area contributed by atoms with Crippen LogP contribution in [0.3, 0.4) is 0 Å². The van der Waals surface area contributed by atoms with Gasteiger partial charge in [0.1, 0.15) is 0 Å². The van der Waals surface area contributed by atoms with E-state index >= 15 is 0 Å². The van der Waals surface area contributed by atoms with Crippen LogP contribution in [-0.4, -0.2) is 0 Å². The van der Waals surface area contributed by atoms with E-state index in [2.05, 4.69) is 12.7 Å². The summed E-state index contributed by atoms with van der Waals surface area (Å²) in [5.41, 5.74) is 0.998. The molecule has 4 rings (SSSR count). The lowest BCUT2D eigenvalue weighted by Gasteiger charge is -2.38. The van der Waals surface area contributed by atoms with Crippen LogP contribution < -0.4 is 0 Å². The van der Waals surface area contributed by atoms with Crippen molar-refractivity contribution < 1.29 is 8.78 Å². The van der Waals surface area contributed by atoms with Crippen molar-refractivity contribution >= 4 is 0 Å². The summed E-state index contributed by atoms with van der Waals surface area (Å²) in [6.07, 6.45) is 21.2. The molecule has 3 aliphatic rings. The minimum Gasteiger partial charge on any atom is -0.204 e. The molecule has 3 fully saturated rings. The van der Waals surface area contributed by atoms with E-state index in [0.717, 1.165) is 48.0 Å². The summed E-state index contributed by atoms with van der Waals surface area (Å²) in [6, 6.07) is 4.51. The molecular formula is C28H40F2. The second-order valence-electron chi connectivity index (χ2n) is 10.7. The van der Waals surface area contributed by atoms with Gasteiger partial charge in [0.15, 0.2) is 11.6 Å². The molecule has 0 radical (unpaired) electrons. The van der Waals surface area contributed by atoms with Crippen LogP contribution >= 0.6 is 0 Å². The van der Waals surface area contributed by atoms with Gasteiger partial charge < -0.3 is 0 Å². The molecule has 0 N–H and O–H groups in total. The molecule has 0 aliphatic heterocycles. The van der Waals surface area contributed by atoms with Crippen molar-refractivity contribution in [3.8, 4) is 0 Å². The molecule has 2 heteroatoms. The van der Waals surface area contributed by atoms with E-state index in [1.54, 1.807) is 6.07 Å². The predicted molar refractivity (Wildman–Crippen MR) is 121 cm³/mol. The lowest BCUT2D eigenvalue weighted by molar-refractivity contribution is 0.151. The Hall–Kier alpha value is -1.18. The fraction of sp³-hybridized carbons (Fsp3) is 0.714. The molecular weight excluding hydrogens is 374 g/mol. The van der Waals surface area contributed by atoms with Crippen LogP contribution in [-0.2, 0) is 0 Å². The summed E-state index contributed by atoms with van der Waals surface area (Å²) in [5, 5.41) is 0. The molecule has 0 amide bonds. The Morgan fingerprint density at radius 3 is 1.77 bits per heavy atom. The van der Waals surface area contributed by atoms with Gasteiger partial charge in [-0.3, -0.25) is 0 Å². The summed E-state index contributed by atoms with van der Waals surface area (Å²) in [4.78, 5) is 0. The molecule has 0 heterocycles. The number of rotatable bonds is 6. The average Bonchev–Trinajstić information content (AvgIpc) is 2.80. The number of hydrogen-bond acceptors (Lipinski definition) is 0. The first-order valence-electron chi connectivity index (χ1n) is 12.7. The summed E-state index contributed by atoms with van der Waals surface area (Å²) in [5.74, 6) is 3.51. The quantitative estimate of drug-likeness (QED) is 0.408. The first kappa shape index (κ1) is 22.0. The Morgan fingerprint density at radius 1 is 0.700 bits per heavy atom. The van der Waals surface area contributed by atoms with Crippen molar-refractivity contribution in [3.05, 3.63) is 48.1 Å². The largest absolute Gasteiger partial charge is 0.204 e. The zero-order chi connectivity index (χ0) is 20.9. The predicted octanol–water partition coefficient (Wildman–Crippen LogP) is 8.82. The maximum Gasteiger partial charge on any atom is 0.159 e. The molecule has 0 bridgehead atoms. The highest BCUT2D eigenvalue weighted by Gasteiger charge is 2.31. The molecule has 0 atom stereocenters. The molecule has 3 saturated carbocycles. The number of hydrogen-bond donors (Lipinski definition) is 0. The zero-order valence-corrected chi connectivity index (χ0v) is 18.6. The van der Waals surface area contributed by atoms with E-state index < -0.39 is 11.6 Å². The topological polar surface area (TPSA) is 0 Å². The summed E-state index contributed by atoms with van der Waals surface area (Å²) in [7, 11) is 0. The second kappa shape index (κ2) is 10.4. The first-order valence-corrected chi connectivity index (χ1v) is 12.7. The molecule has 0 saturated heterocycles. The van der Waals surface area contributed by atoms with Gasteiger partial charge in [-0.2, -0.15) is 0 Å². The van der Waals surface area contributed by atoms with Crippen molar-refractivity contribution in [1.29, 1.82) is 0 Å². The lowest BCUT2D eigenvalue weighted by Crippen LogP contribution is -2.25. The highest BCUT2D eigenvalue weighted by molar-refractivity contribution is 5.22. The SMILES string of the molecule is C=C[C@H]1CC[C@H](CC[C@H]2CC[C@H]([C@H]3CC[C@H](c4ccc(F)c(F)c4)CC3)CC2)CC1. The number of halogens is 2. The van der Waals surface area contributed by atoms with Gasteiger partial charge in [-0.1, -0.05) is 37.8 Å². The smallest absolute Gasteiger partial charge is 0.159 e. The van der Waals surface area contributed by atoms with Gasteiger partial charge in [0.2, 0.25) is 0 Å². The van der Waals surface area contributed by atoms with E-state index in [1.165, 1.54) is 89.2 Å².